The number of rotatable bonds is 5. The van der Waals surface area contributed by atoms with Crippen molar-refractivity contribution in [1.82, 2.24) is 0 Å². The number of fused-ring (bicyclic) bond motifs is 9. The highest BCUT2D eigenvalue weighted by molar-refractivity contribution is 6.33. The van der Waals surface area contributed by atoms with E-state index in [4.69, 9.17) is 4.42 Å². The van der Waals surface area contributed by atoms with E-state index in [1.807, 2.05) is 0 Å². The molecule has 0 spiro atoms. The number of benzene rings is 9. The number of nitrogens with zero attached hydrogens (tertiary/aromatic N) is 1. The summed E-state index contributed by atoms with van der Waals surface area (Å²) in [6.45, 7) is 0. The molecule has 1 aromatic heterocycles. The number of furan rings is 1. The van der Waals surface area contributed by atoms with Crippen LogP contribution < -0.4 is 4.90 Å². The van der Waals surface area contributed by atoms with E-state index < -0.39 is 0 Å². The molecule has 0 aliphatic rings. The van der Waals surface area contributed by atoms with E-state index in [0.29, 0.717) is 0 Å². The van der Waals surface area contributed by atoms with E-state index in [2.05, 4.69) is 193 Å². The highest BCUT2D eigenvalue weighted by Crippen LogP contribution is 2.50. The molecule has 10 aromatic rings. The average molecular weight is 638 g/mol. The van der Waals surface area contributed by atoms with Crippen LogP contribution in [0.25, 0.3) is 76.5 Å². The van der Waals surface area contributed by atoms with Crippen molar-refractivity contribution in [2.75, 3.05) is 4.90 Å². The minimum Gasteiger partial charge on any atom is -0.455 e. The maximum atomic E-state index is 6.89. The van der Waals surface area contributed by atoms with Crippen LogP contribution in [0.2, 0.25) is 0 Å². The van der Waals surface area contributed by atoms with Crippen LogP contribution >= 0.6 is 0 Å². The molecule has 0 saturated carbocycles. The molecule has 2 nitrogen and oxygen atoms in total. The summed E-state index contributed by atoms with van der Waals surface area (Å²) in [6.07, 6.45) is 0. The molecule has 0 N–H and O–H groups in total. The Bertz CT molecular complexity index is 2850. The first kappa shape index (κ1) is 28.4. The van der Waals surface area contributed by atoms with Crippen molar-refractivity contribution in [3.8, 4) is 22.3 Å². The molecule has 1 heterocycles. The van der Waals surface area contributed by atoms with Crippen molar-refractivity contribution >= 4 is 71.3 Å². The van der Waals surface area contributed by atoms with Gasteiger partial charge < -0.3 is 9.32 Å². The van der Waals surface area contributed by atoms with Gasteiger partial charge in [0, 0.05) is 33.1 Å². The first-order valence-electron chi connectivity index (χ1n) is 17.1. The SMILES string of the molecule is c1ccc(-c2ccc(N(c3ccc4ccccc4c3)c3ccc4oc5c6ccccc6c6ccccc6c5c4c3-c3ccccc3)cc2)cc1. The fraction of sp³-hybridized carbons (Fsp3) is 0. The van der Waals surface area contributed by atoms with E-state index in [-0.39, 0.29) is 0 Å². The van der Waals surface area contributed by atoms with E-state index in [9.17, 15) is 0 Å². The first-order valence-corrected chi connectivity index (χ1v) is 17.1. The lowest BCUT2D eigenvalue weighted by atomic mass is 9.92. The van der Waals surface area contributed by atoms with Crippen molar-refractivity contribution in [3.63, 3.8) is 0 Å². The van der Waals surface area contributed by atoms with Crippen LogP contribution in [0, 0.1) is 0 Å². The summed E-state index contributed by atoms with van der Waals surface area (Å²) in [7, 11) is 0. The maximum Gasteiger partial charge on any atom is 0.143 e. The Hall–Kier alpha value is -6.64. The lowest BCUT2D eigenvalue weighted by Crippen LogP contribution is -2.11. The van der Waals surface area contributed by atoms with Gasteiger partial charge in [0.25, 0.3) is 0 Å². The molecule has 0 fully saturated rings. The van der Waals surface area contributed by atoms with Gasteiger partial charge in [0.1, 0.15) is 11.2 Å². The zero-order chi connectivity index (χ0) is 33.0. The van der Waals surface area contributed by atoms with Crippen LogP contribution in [0.3, 0.4) is 0 Å². The standard InChI is InChI=1S/C48H31NO/c1-3-13-32(14-4-1)34-23-26-37(27-24-34)49(38-28-25-33-15-7-8-18-36(33)31-38)43-29-30-44-47(45(43)35-16-5-2-6-17-35)46-41-21-11-9-19-39(41)40-20-10-12-22-42(40)48(46)50-44/h1-31H. The molecule has 0 saturated heterocycles. The van der Waals surface area contributed by atoms with Crippen molar-refractivity contribution in [2.24, 2.45) is 0 Å². The molecule has 2 heteroatoms. The van der Waals surface area contributed by atoms with E-state index in [1.54, 1.807) is 0 Å². The van der Waals surface area contributed by atoms with Crippen molar-refractivity contribution < 1.29 is 4.42 Å². The fourth-order valence-corrected chi connectivity index (χ4v) is 7.74. The molecule has 0 atom stereocenters. The van der Waals surface area contributed by atoms with Gasteiger partial charge in [0.05, 0.1) is 5.69 Å². The summed E-state index contributed by atoms with van der Waals surface area (Å²) in [4.78, 5) is 2.41. The van der Waals surface area contributed by atoms with Crippen LogP contribution in [-0.4, -0.2) is 0 Å². The predicted octanol–water partition coefficient (Wildman–Crippen LogP) is 13.8. The molecular weight excluding hydrogens is 607 g/mol. The van der Waals surface area contributed by atoms with Gasteiger partial charge in [-0.05, 0) is 80.0 Å². The van der Waals surface area contributed by atoms with Gasteiger partial charge in [-0.2, -0.15) is 0 Å². The normalized spacial score (nSPS) is 11.6. The molecule has 0 unspecified atom stereocenters. The Kier molecular flexibility index (Phi) is 6.53. The van der Waals surface area contributed by atoms with Gasteiger partial charge in [0.15, 0.2) is 0 Å². The summed E-state index contributed by atoms with van der Waals surface area (Å²) in [5.74, 6) is 0. The van der Waals surface area contributed by atoms with E-state index in [0.717, 1.165) is 55.5 Å². The third-order valence-corrected chi connectivity index (χ3v) is 10.0. The van der Waals surface area contributed by atoms with Gasteiger partial charge in [0.2, 0.25) is 0 Å². The molecule has 50 heavy (non-hydrogen) atoms. The van der Waals surface area contributed by atoms with Crippen LogP contribution in [-0.2, 0) is 0 Å². The second kappa shape index (κ2) is 11.5. The summed E-state index contributed by atoms with van der Waals surface area (Å²) in [5.41, 5.74) is 9.73. The minimum atomic E-state index is 0.877. The monoisotopic (exact) mass is 637 g/mol. The Morgan fingerprint density at radius 3 is 1.66 bits per heavy atom. The summed E-state index contributed by atoms with van der Waals surface area (Å²) < 4.78 is 6.89. The summed E-state index contributed by atoms with van der Waals surface area (Å²) >= 11 is 0. The zero-order valence-electron chi connectivity index (χ0n) is 27.3. The van der Waals surface area contributed by atoms with Gasteiger partial charge in [-0.25, -0.2) is 0 Å². The molecule has 0 amide bonds. The predicted molar refractivity (Wildman–Crippen MR) is 212 cm³/mol. The van der Waals surface area contributed by atoms with E-state index >= 15 is 0 Å². The largest absolute Gasteiger partial charge is 0.455 e. The molecule has 234 valence electrons. The third-order valence-electron chi connectivity index (χ3n) is 10.0. The highest BCUT2D eigenvalue weighted by atomic mass is 16.3. The Morgan fingerprint density at radius 1 is 0.360 bits per heavy atom. The number of anilines is 3. The third kappa shape index (κ3) is 4.50. The van der Waals surface area contributed by atoms with Crippen molar-refractivity contribution in [1.29, 1.82) is 0 Å². The van der Waals surface area contributed by atoms with Gasteiger partial charge >= 0.3 is 0 Å². The van der Waals surface area contributed by atoms with Crippen molar-refractivity contribution in [2.45, 2.75) is 0 Å². The second-order valence-electron chi connectivity index (χ2n) is 12.9. The first-order chi connectivity index (χ1) is 24.8. The van der Waals surface area contributed by atoms with Gasteiger partial charge in [-0.1, -0.05) is 152 Å². The zero-order valence-corrected chi connectivity index (χ0v) is 27.3. The molecule has 0 radical (unpaired) electrons. The second-order valence-corrected chi connectivity index (χ2v) is 12.9. The van der Waals surface area contributed by atoms with Crippen LogP contribution in [0.4, 0.5) is 17.1 Å². The van der Waals surface area contributed by atoms with Crippen LogP contribution in [0.15, 0.2) is 192 Å². The Balaban J connectivity index is 1.32. The maximum absolute atomic E-state index is 6.89. The Labute approximate surface area is 290 Å². The van der Waals surface area contributed by atoms with Crippen LogP contribution in [0.1, 0.15) is 0 Å². The van der Waals surface area contributed by atoms with Gasteiger partial charge in [-0.3, -0.25) is 0 Å². The van der Waals surface area contributed by atoms with Crippen LogP contribution in [0.5, 0.6) is 0 Å². The molecule has 0 aliphatic carbocycles. The lowest BCUT2D eigenvalue weighted by molar-refractivity contribution is 0.673. The smallest absolute Gasteiger partial charge is 0.143 e. The molecule has 10 rings (SSSR count). The van der Waals surface area contributed by atoms with Crippen molar-refractivity contribution in [3.05, 3.63) is 188 Å². The number of hydrogen-bond donors (Lipinski definition) is 0. The molecular formula is C48H31NO. The highest BCUT2D eigenvalue weighted by Gasteiger charge is 2.25. The summed E-state index contributed by atoms with van der Waals surface area (Å²) in [6, 6.07) is 67.4. The lowest BCUT2D eigenvalue weighted by Gasteiger charge is -2.29. The van der Waals surface area contributed by atoms with Gasteiger partial charge in [-0.15, -0.1) is 0 Å². The molecule has 9 aromatic carbocycles. The topological polar surface area (TPSA) is 16.4 Å². The summed E-state index contributed by atoms with van der Waals surface area (Å²) in [5, 5.41) is 9.43. The minimum absolute atomic E-state index is 0.877. The molecule has 0 aliphatic heterocycles. The average Bonchev–Trinajstić information content (AvgIpc) is 3.59. The number of hydrogen-bond acceptors (Lipinski definition) is 2. The fourth-order valence-electron chi connectivity index (χ4n) is 7.74. The Morgan fingerprint density at radius 2 is 0.920 bits per heavy atom. The molecule has 0 bridgehead atoms. The van der Waals surface area contributed by atoms with E-state index in [1.165, 1.54) is 38.1 Å². The quantitative estimate of drug-likeness (QED) is 0.175.